The van der Waals surface area contributed by atoms with Crippen LogP contribution in [0.2, 0.25) is 0 Å². The van der Waals surface area contributed by atoms with Gasteiger partial charge in [-0.3, -0.25) is 5.10 Å². The number of ether oxygens (including phenoxy) is 1. The zero-order valence-electron chi connectivity index (χ0n) is 18.2. The van der Waals surface area contributed by atoms with E-state index in [1.165, 1.54) is 18.4 Å². The lowest BCUT2D eigenvalue weighted by molar-refractivity contribution is 0.122. The summed E-state index contributed by atoms with van der Waals surface area (Å²) in [5.41, 5.74) is 1.99. The Bertz CT molecular complexity index is 1450. The highest BCUT2D eigenvalue weighted by Gasteiger charge is 2.17. The molecule has 0 radical (unpaired) electrons. The fourth-order valence-corrected chi connectivity index (χ4v) is 4.37. The van der Waals surface area contributed by atoms with Gasteiger partial charge in [-0.15, -0.1) is 0 Å². The van der Waals surface area contributed by atoms with Crippen molar-refractivity contribution in [3.63, 3.8) is 0 Å². The second kappa shape index (κ2) is 8.88. The first-order valence-electron chi connectivity index (χ1n) is 10.5. The van der Waals surface area contributed by atoms with Gasteiger partial charge in [-0.1, -0.05) is 0 Å². The van der Waals surface area contributed by atoms with Gasteiger partial charge in [0.05, 0.1) is 23.6 Å². The van der Waals surface area contributed by atoms with Gasteiger partial charge in [-0.2, -0.15) is 10.1 Å². The highest BCUT2D eigenvalue weighted by atomic mass is 32.2. The minimum absolute atomic E-state index is 0.193. The molecule has 0 spiro atoms. The summed E-state index contributed by atoms with van der Waals surface area (Å²) in [4.78, 5) is 10.9. The summed E-state index contributed by atoms with van der Waals surface area (Å²) in [5, 5.41) is 13.8. The third-order valence-corrected chi connectivity index (χ3v) is 6.47. The van der Waals surface area contributed by atoms with Crippen molar-refractivity contribution in [3.05, 3.63) is 54.5 Å². The smallest absolute Gasteiger partial charge is 0.229 e. The molecule has 0 atom stereocenters. The Balaban J connectivity index is 1.43. The molecule has 3 N–H and O–H groups in total. The second-order valence-corrected chi connectivity index (χ2v) is 9.88. The lowest BCUT2D eigenvalue weighted by atomic mass is 10.2. The van der Waals surface area contributed by atoms with Crippen LogP contribution in [0.3, 0.4) is 0 Å². The molecule has 0 unspecified atom stereocenters. The highest BCUT2D eigenvalue weighted by Crippen LogP contribution is 2.28. The fraction of sp³-hybridized carbons (Fsp3) is 0.227. The zero-order chi connectivity index (χ0) is 23.7. The molecule has 0 bridgehead atoms. The molecule has 0 saturated carbocycles. The molecule has 12 heteroatoms. The number of nitrogens with one attached hydrogen (secondary N) is 3. The van der Waals surface area contributed by atoms with Gasteiger partial charge in [0.2, 0.25) is 5.95 Å². The number of anilines is 5. The van der Waals surface area contributed by atoms with Crippen LogP contribution in [0.15, 0.2) is 53.6 Å². The Labute approximate surface area is 195 Å². The molecule has 1 aliphatic rings. The molecule has 34 heavy (non-hydrogen) atoms. The summed E-state index contributed by atoms with van der Waals surface area (Å²) >= 11 is 0. The number of H-pyrrole nitrogens is 1. The van der Waals surface area contributed by atoms with Crippen molar-refractivity contribution in [2.75, 3.05) is 48.1 Å². The number of hydrogen-bond acceptors (Lipinski definition) is 9. The maximum atomic E-state index is 13.7. The summed E-state index contributed by atoms with van der Waals surface area (Å²) in [6.45, 7) is 2.49. The molecule has 2 aromatic heterocycles. The number of fused-ring (bicyclic) bond motifs is 1. The predicted octanol–water partition coefficient (Wildman–Crippen LogP) is 3.22. The number of sulfone groups is 1. The molecule has 1 fully saturated rings. The first-order valence-corrected chi connectivity index (χ1v) is 12.4. The van der Waals surface area contributed by atoms with Crippen molar-refractivity contribution in [2.45, 2.75) is 4.90 Å². The van der Waals surface area contributed by atoms with Gasteiger partial charge < -0.3 is 20.3 Å². The van der Waals surface area contributed by atoms with Crippen molar-refractivity contribution in [2.24, 2.45) is 0 Å². The molecule has 5 rings (SSSR count). The molecule has 0 aliphatic carbocycles. The van der Waals surface area contributed by atoms with E-state index in [1.807, 2.05) is 6.07 Å². The van der Waals surface area contributed by atoms with Crippen molar-refractivity contribution in [1.29, 1.82) is 0 Å². The Morgan fingerprint density at radius 1 is 1.09 bits per heavy atom. The van der Waals surface area contributed by atoms with Crippen LogP contribution in [0.5, 0.6) is 0 Å². The molecule has 3 heterocycles. The van der Waals surface area contributed by atoms with Crippen LogP contribution in [0.1, 0.15) is 0 Å². The van der Waals surface area contributed by atoms with Crippen LogP contribution in [-0.2, 0) is 14.6 Å². The van der Waals surface area contributed by atoms with Crippen LogP contribution in [0, 0.1) is 5.82 Å². The molecular formula is C22H22FN7O3S. The topological polar surface area (TPSA) is 125 Å². The third kappa shape index (κ3) is 4.77. The van der Waals surface area contributed by atoms with Gasteiger partial charge in [0, 0.05) is 42.3 Å². The standard InChI is InChI=1S/C22H22FN7O3S/c1-34(31,32)17-12-15(11-16(13-17)30-6-8-33-9-7-30)25-22-24-5-4-20(27-22)26-21-18-10-14(23)2-3-19(18)28-29-21/h2-5,10-13H,6-9H2,1H3,(H3,24,25,26,27,28,29). The zero-order valence-corrected chi connectivity index (χ0v) is 19.1. The highest BCUT2D eigenvalue weighted by molar-refractivity contribution is 7.90. The molecule has 176 valence electrons. The summed E-state index contributed by atoms with van der Waals surface area (Å²) in [5.74, 6) is 0.745. The van der Waals surface area contributed by atoms with E-state index < -0.39 is 9.84 Å². The van der Waals surface area contributed by atoms with Gasteiger partial charge in [-0.05, 0) is 42.5 Å². The van der Waals surface area contributed by atoms with Crippen molar-refractivity contribution in [3.8, 4) is 0 Å². The van der Waals surface area contributed by atoms with E-state index in [2.05, 4.69) is 35.7 Å². The van der Waals surface area contributed by atoms with E-state index in [9.17, 15) is 12.8 Å². The minimum atomic E-state index is -3.44. The molecule has 2 aromatic carbocycles. The summed E-state index contributed by atoms with van der Waals surface area (Å²) in [7, 11) is -3.44. The van der Waals surface area contributed by atoms with E-state index in [0.29, 0.717) is 54.5 Å². The van der Waals surface area contributed by atoms with Crippen LogP contribution in [0.25, 0.3) is 10.9 Å². The number of aromatic nitrogens is 4. The van der Waals surface area contributed by atoms with Crippen LogP contribution in [-0.4, -0.2) is 61.1 Å². The number of morpholine rings is 1. The fourth-order valence-electron chi connectivity index (χ4n) is 3.69. The first kappa shape index (κ1) is 22.0. The van der Waals surface area contributed by atoms with Crippen LogP contribution in [0.4, 0.5) is 33.3 Å². The van der Waals surface area contributed by atoms with Crippen LogP contribution >= 0.6 is 0 Å². The second-order valence-electron chi connectivity index (χ2n) is 7.86. The lowest BCUT2D eigenvalue weighted by Crippen LogP contribution is -2.36. The first-order chi connectivity index (χ1) is 16.3. The Morgan fingerprint density at radius 3 is 2.71 bits per heavy atom. The average molecular weight is 484 g/mol. The third-order valence-electron chi connectivity index (χ3n) is 5.38. The number of nitrogens with zero attached hydrogens (tertiary/aromatic N) is 4. The summed E-state index contributed by atoms with van der Waals surface area (Å²) < 4.78 is 43.6. The number of aromatic amines is 1. The molecule has 1 aliphatic heterocycles. The van der Waals surface area contributed by atoms with Gasteiger partial charge in [0.15, 0.2) is 15.7 Å². The van der Waals surface area contributed by atoms with Crippen LogP contribution < -0.4 is 15.5 Å². The largest absolute Gasteiger partial charge is 0.378 e. The normalized spacial score (nSPS) is 14.4. The number of rotatable bonds is 6. The molecule has 1 saturated heterocycles. The molecule has 4 aromatic rings. The van der Waals surface area contributed by atoms with Gasteiger partial charge in [0.25, 0.3) is 0 Å². The van der Waals surface area contributed by atoms with E-state index in [4.69, 9.17) is 4.74 Å². The minimum Gasteiger partial charge on any atom is -0.378 e. The molecule has 0 amide bonds. The van der Waals surface area contributed by atoms with Gasteiger partial charge in [-0.25, -0.2) is 17.8 Å². The van der Waals surface area contributed by atoms with Gasteiger partial charge >= 0.3 is 0 Å². The van der Waals surface area contributed by atoms with Crippen molar-refractivity contribution in [1.82, 2.24) is 20.2 Å². The van der Waals surface area contributed by atoms with Crippen molar-refractivity contribution >= 4 is 49.7 Å². The summed E-state index contributed by atoms with van der Waals surface area (Å²) in [6, 6.07) is 11.1. The Morgan fingerprint density at radius 2 is 1.91 bits per heavy atom. The van der Waals surface area contributed by atoms with Gasteiger partial charge in [0.1, 0.15) is 11.6 Å². The predicted molar refractivity (Wildman–Crippen MR) is 127 cm³/mol. The number of halogens is 1. The number of benzene rings is 2. The van der Waals surface area contributed by atoms with E-state index in [1.54, 1.807) is 30.5 Å². The lowest BCUT2D eigenvalue weighted by Gasteiger charge is -2.29. The SMILES string of the molecule is CS(=O)(=O)c1cc(Nc2nccc(Nc3n[nH]c4ccc(F)cc34)n2)cc(N2CCOCC2)c1. The number of hydrogen-bond donors (Lipinski definition) is 3. The molecular weight excluding hydrogens is 461 g/mol. The Kier molecular flexibility index (Phi) is 5.75. The van der Waals surface area contributed by atoms with E-state index in [0.717, 1.165) is 5.69 Å². The quantitative estimate of drug-likeness (QED) is 0.379. The maximum absolute atomic E-state index is 13.7. The maximum Gasteiger partial charge on any atom is 0.229 e. The van der Waals surface area contributed by atoms with E-state index in [-0.39, 0.29) is 16.7 Å². The Hall–Kier alpha value is -3.77. The average Bonchev–Trinajstić information content (AvgIpc) is 3.21. The molecule has 10 nitrogen and oxygen atoms in total. The van der Waals surface area contributed by atoms with Crippen molar-refractivity contribution < 1.29 is 17.5 Å². The monoisotopic (exact) mass is 483 g/mol. The van der Waals surface area contributed by atoms with E-state index >= 15 is 0 Å². The summed E-state index contributed by atoms with van der Waals surface area (Å²) in [6.07, 6.45) is 2.73.